The van der Waals surface area contributed by atoms with Crippen molar-refractivity contribution in [2.75, 3.05) is 0 Å². The third-order valence-electron chi connectivity index (χ3n) is 4.50. The van der Waals surface area contributed by atoms with E-state index in [1.54, 1.807) is 24.3 Å². The van der Waals surface area contributed by atoms with Crippen molar-refractivity contribution in [3.05, 3.63) is 51.9 Å². The molecule has 7 nitrogen and oxygen atoms in total. The number of aliphatic imine (C=N–C) groups is 1. The van der Waals surface area contributed by atoms with Crippen LogP contribution in [0.15, 0.2) is 55.4 Å². The number of benzene rings is 1. The summed E-state index contributed by atoms with van der Waals surface area (Å²) >= 11 is 1.32. The van der Waals surface area contributed by atoms with Gasteiger partial charge in [0.15, 0.2) is 11.3 Å². The number of para-hydroxylation sites is 1. The lowest BCUT2D eigenvalue weighted by atomic mass is 10.1. The standard InChI is InChI=1S/C20H18N4O3S/c1-2-3-4-9-16-23-24-18(21)14(19(26)22-20(24)28-16)10-12-11-27-15-8-6-5-7-13(15)17(12)25/h5-8,10-11,21H,2-4,9H2,1H3/b14-10+,21-18?. The number of thioether (sulfide) groups is 1. The Bertz CT molecular complexity index is 1130. The molecule has 1 amide bonds. The molecule has 0 aliphatic carbocycles. The summed E-state index contributed by atoms with van der Waals surface area (Å²) in [5.41, 5.74) is 0.427. The number of amides is 1. The summed E-state index contributed by atoms with van der Waals surface area (Å²) in [6, 6.07) is 6.89. The molecular formula is C20H18N4O3S. The highest BCUT2D eigenvalue weighted by Gasteiger charge is 2.35. The van der Waals surface area contributed by atoms with Gasteiger partial charge in [-0.2, -0.15) is 15.1 Å². The van der Waals surface area contributed by atoms with Crippen molar-refractivity contribution < 1.29 is 9.21 Å². The highest BCUT2D eigenvalue weighted by atomic mass is 32.2. The molecule has 0 unspecified atom stereocenters. The van der Waals surface area contributed by atoms with Gasteiger partial charge in [-0.15, -0.1) is 0 Å². The SMILES string of the molecule is CCCCCC1=NN2C(=N)/C(=C\c3coc4ccccc4c3=O)C(=O)N=C2S1. The maximum Gasteiger partial charge on any atom is 0.283 e. The quantitative estimate of drug-likeness (QED) is 0.610. The third-order valence-corrected chi connectivity index (χ3v) is 5.47. The molecule has 0 saturated heterocycles. The first kappa shape index (κ1) is 18.4. The number of amidine groups is 2. The second kappa shape index (κ2) is 7.55. The van der Waals surface area contributed by atoms with Crippen molar-refractivity contribution in [3.8, 4) is 0 Å². The lowest BCUT2D eigenvalue weighted by molar-refractivity contribution is -0.114. The monoisotopic (exact) mass is 394 g/mol. The average molecular weight is 394 g/mol. The molecule has 1 aromatic heterocycles. The molecule has 3 heterocycles. The van der Waals surface area contributed by atoms with Gasteiger partial charge >= 0.3 is 0 Å². The Hall–Kier alpha value is -3.00. The molecule has 2 aliphatic rings. The van der Waals surface area contributed by atoms with Crippen molar-refractivity contribution in [1.29, 1.82) is 5.41 Å². The predicted octanol–water partition coefficient (Wildman–Crippen LogP) is 3.99. The van der Waals surface area contributed by atoms with E-state index in [4.69, 9.17) is 9.83 Å². The van der Waals surface area contributed by atoms with Crippen LogP contribution in [0.1, 0.15) is 38.2 Å². The Kier molecular flexibility index (Phi) is 4.95. The summed E-state index contributed by atoms with van der Waals surface area (Å²) in [4.78, 5) is 29.2. The molecule has 8 heteroatoms. The highest BCUT2D eigenvalue weighted by molar-refractivity contribution is 8.26. The summed E-state index contributed by atoms with van der Waals surface area (Å²) in [7, 11) is 0. The van der Waals surface area contributed by atoms with Crippen LogP contribution in [0, 0.1) is 5.41 Å². The molecule has 0 spiro atoms. The number of hydrogen-bond acceptors (Lipinski definition) is 6. The van der Waals surface area contributed by atoms with Crippen LogP contribution in [-0.4, -0.2) is 27.0 Å². The van der Waals surface area contributed by atoms with Gasteiger partial charge in [-0.25, -0.2) is 0 Å². The number of unbranched alkanes of at least 4 members (excludes halogenated alkanes) is 2. The van der Waals surface area contributed by atoms with Gasteiger partial charge in [-0.1, -0.05) is 31.9 Å². The molecule has 4 rings (SSSR count). The largest absolute Gasteiger partial charge is 0.463 e. The number of nitrogens with one attached hydrogen (secondary N) is 1. The fourth-order valence-electron chi connectivity index (χ4n) is 3.01. The smallest absolute Gasteiger partial charge is 0.283 e. The number of carbonyl (C=O) groups is 1. The van der Waals surface area contributed by atoms with Crippen molar-refractivity contribution in [1.82, 2.24) is 5.01 Å². The van der Waals surface area contributed by atoms with Crippen LogP contribution in [0.3, 0.4) is 0 Å². The second-order valence-corrected chi connectivity index (χ2v) is 7.53. The van der Waals surface area contributed by atoms with E-state index in [-0.39, 0.29) is 22.4 Å². The van der Waals surface area contributed by atoms with Crippen LogP contribution in [0.5, 0.6) is 0 Å². The van der Waals surface area contributed by atoms with Gasteiger partial charge in [0.2, 0.25) is 5.17 Å². The van der Waals surface area contributed by atoms with Crippen LogP contribution in [0.2, 0.25) is 0 Å². The van der Waals surface area contributed by atoms with Crippen LogP contribution >= 0.6 is 11.8 Å². The van der Waals surface area contributed by atoms with Crippen molar-refractivity contribution in [2.45, 2.75) is 32.6 Å². The van der Waals surface area contributed by atoms with Gasteiger partial charge in [0.05, 0.1) is 16.5 Å². The van der Waals surface area contributed by atoms with Crippen LogP contribution < -0.4 is 5.43 Å². The van der Waals surface area contributed by atoms with E-state index in [0.29, 0.717) is 16.1 Å². The molecule has 142 valence electrons. The van der Waals surface area contributed by atoms with Crippen molar-refractivity contribution in [3.63, 3.8) is 0 Å². The van der Waals surface area contributed by atoms with E-state index in [2.05, 4.69) is 17.0 Å². The second-order valence-electron chi connectivity index (χ2n) is 6.49. The van der Waals surface area contributed by atoms with Gasteiger partial charge in [0, 0.05) is 0 Å². The fraction of sp³-hybridized carbons (Fsp3) is 0.250. The molecular weight excluding hydrogens is 376 g/mol. The average Bonchev–Trinajstić information content (AvgIpc) is 3.10. The predicted molar refractivity (Wildman–Crippen MR) is 112 cm³/mol. The molecule has 2 aliphatic heterocycles. The minimum atomic E-state index is -0.554. The number of rotatable bonds is 5. The third kappa shape index (κ3) is 3.31. The first-order valence-electron chi connectivity index (χ1n) is 9.08. The normalized spacial score (nSPS) is 17.9. The van der Waals surface area contributed by atoms with Crippen LogP contribution in [-0.2, 0) is 4.79 Å². The number of hydrogen-bond donors (Lipinski definition) is 1. The molecule has 2 aromatic rings. The maximum absolute atomic E-state index is 12.7. The van der Waals surface area contributed by atoms with Crippen molar-refractivity contribution >= 4 is 50.8 Å². The van der Waals surface area contributed by atoms with E-state index in [1.807, 2.05) is 0 Å². The number of hydrazone groups is 1. The lowest BCUT2D eigenvalue weighted by Crippen LogP contribution is -2.35. The molecule has 0 atom stereocenters. The Balaban J connectivity index is 1.67. The first-order chi connectivity index (χ1) is 13.6. The highest BCUT2D eigenvalue weighted by Crippen LogP contribution is 2.30. The van der Waals surface area contributed by atoms with Gasteiger partial charge < -0.3 is 4.42 Å². The number of fused-ring (bicyclic) bond motifs is 2. The molecule has 0 saturated carbocycles. The Morgan fingerprint density at radius 2 is 2.07 bits per heavy atom. The zero-order valence-corrected chi connectivity index (χ0v) is 16.1. The Morgan fingerprint density at radius 3 is 2.89 bits per heavy atom. The zero-order valence-electron chi connectivity index (χ0n) is 15.3. The molecule has 0 fully saturated rings. The van der Waals surface area contributed by atoms with Gasteiger partial charge in [-0.3, -0.25) is 15.0 Å². The van der Waals surface area contributed by atoms with Crippen LogP contribution in [0.25, 0.3) is 17.0 Å². The zero-order chi connectivity index (χ0) is 19.7. The topological polar surface area (TPSA) is 99.1 Å². The van der Waals surface area contributed by atoms with E-state index >= 15 is 0 Å². The molecule has 1 aromatic carbocycles. The van der Waals surface area contributed by atoms with Gasteiger partial charge in [0.1, 0.15) is 16.9 Å². The van der Waals surface area contributed by atoms with Crippen molar-refractivity contribution in [2.24, 2.45) is 10.1 Å². The molecule has 28 heavy (non-hydrogen) atoms. The van der Waals surface area contributed by atoms with Crippen LogP contribution in [0.4, 0.5) is 0 Å². The van der Waals surface area contributed by atoms with E-state index in [1.165, 1.54) is 29.1 Å². The molecule has 1 N–H and O–H groups in total. The minimum absolute atomic E-state index is 0.0190. The molecule has 0 bridgehead atoms. The summed E-state index contributed by atoms with van der Waals surface area (Å²) < 4.78 is 5.49. The summed E-state index contributed by atoms with van der Waals surface area (Å²) in [5.74, 6) is -0.637. The summed E-state index contributed by atoms with van der Waals surface area (Å²) in [5, 5.41) is 15.8. The van der Waals surface area contributed by atoms with E-state index in [9.17, 15) is 9.59 Å². The van der Waals surface area contributed by atoms with Gasteiger partial charge in [0.25, 0.3) is 5.91 Å². The van der Waals surface area contributed by atoms with Gasteiger partial charge in [-0.05, 0) is 42.8 Å². The maximum atomic E-state index is 12.7. The number of nitrogens with zero attached hydrogens (tertiary/aromatic N) is 3. The summed E-state index contributed by atoms with van der Waals surface area (Å²) in [6.45, 7) is 2.13. The fourth-order valence-corrected chi connectivity index (χ4v) is 3.93. The lowest BCUT2D eigenvalue weighted by Gasteiger charge is -2.20. The number of carbonyl (C=O) groups excluding carboxylic acids is 1. The van der Waals surface area contributed by atoms with E-state index in [0.717, 1.165) is 30.7 Å². The van der Waals surface area contributed by atoms with E-state index < -0.39 is 5.91 Å². The Labute approximate surface area is 165 Å². The summed E-state index contributed by atoms with van der Waals surface area (Å²) in [6.07, 6.45) is 6.67. The molecule has 0 radical (unpaired) electrons. The minimum Gasteiger partial charge on any atom is -0.463 e. The first-order valence-corrected chi connectivity index (χ1v) is 9.89. The Morgan fingerprint density at radius 1 is 1.25 bits per heavy atom.